The fourth-order valence-corrected chi connectivity index (χ4v) is 9.94. The molecule has 0 radical (unpaired) electrons. The Kier molecular flexibility index (Phi) is 6.74. The van der Waals surface area contributed by atoms with Crippen LogP contribution in [0.2, 0.25) is 5.04 Å². The predicted molar refractivity (Wildman–Crippen MR) is 137 cm³/mol. The molecule has 1 aliphatic carbocycles. The maximum Gasteiger partial charge on any atom is 0.319 e. The number of aliphatic hydroxyl groups excluding tert-OH is 1. The van der Waals surface area contributed by atoms with Gasteiger partial charge in [-0.3, -0.25) is 0 Å². The van der Waals surface area contributed by atoms with Crippen molar-refractivity contribution >= 4 is 18.7 Å². The molecule has 4 rings (SSSR count). The molecule has 0 saturated heterocycles. The Morgan fingerprint density at radius 1 is 0.970 bits per heavy atom. The minimum atomic E-state index is -2.77. The monoisotopic (exact) mass is 455 g/mol. The van der Waals surface area contributed by atoms with Crippen LogP contribution in [-0.4, -0.2) is 20.0 Å². The molecule has 33 heavy (non-hydrogen) atoms. The largest absolute Gasteiger partial charge is 0.534 e. The Balaban J connectivity index is 1.95. The predicted octanol–water partition coefficient (Wildman–Crippen LogP) is 5.10. The number of benzene rings is 3. The molecule has 0 aliphatic heterocycles. The number of rotatable bonds is 7. The zero-order valence-electron chi connectivity index (χ0n) is 19.8. The molecule has 3 nitrogen and oxygen atoms in total. The maximum absolute atomic E-state index is 9.97. The first-order valence-corrected chi connectivity index (χ1v) is 13.8. The highest BCUT2D eigenvalue weighted by atomic mass is 28.4. The van der Waals surface area contributed by atoms with E-state index in [2.05, 4.69) is 99.6 Å². The summed E-state index contributed by atoms with van der Waals surface area (Å²) in [5.41, 5.74) is 3.62. The van der Waals surface area contributed by atoms with E-state index < -0.39 is 8.32 Å². The molecule has 170 valence electrons. The van der Waals surface area contributed by atoms with Crippen molar-refractivity contribution in [2.45, 2.75) is 57.4 Å². The summed E-state index contributed by atoms with van der Waals surface area (Å²) >= 11 is 0. The molecule has 0 fully saturated rings. The quantitative estimate of drug-likeness (QED) is 0.504. The van der Waals surface area contributed by atoms with Crippen LogP contribution in [0.4, 0.5) is 0 Å². The fraction of sp³-hybridized carbons (Fsp3) is 0.345. The second-order valence-corrected chi connectivity index (χ2v) is 14.2. The molecule has 0 heterocycles. The molecule has 4 heteroatoms. The Bertz CT molecular complexity index is 1090. The smallest absolute Gasteiger partial charge is 0.319 e. The summed E-state index contributed by atoms with van der Waals surface area (Å²) in [4.78, 5) is 0. The van der Waals surface area contributed by atoms with Gasteiger partial charge in [0.1, 0.15) is 5.75 Å². The van der Waals surface area contributed by atoms with Crippen molar-refractivity contribution in [2.24, 2.45) is 0 Å². The minimum Gasteiger partial charge on any atom is -0.534 e. The van der Waals surface area contributed by atoms with Crippen LogP contribution in [-0.2, 0) is 12.8 Å². The number of aryl methyl sites for hydroxylation is 1. The molecule has 1 aliphatic rings. The minimum absolute atomic E-state index is 0.0623. The number of nitriles is 1. The molecule has 0 unspecified atom stereocenters. The van der Waals surface area contributed by atoms with E-state index in [1.54, 1.807) is 0 Å². The molecule has 3 aromatic carbocycles. The molecule has 0 bridgehead atoms. The second-order valence-electron chi connectivity index (χ2n) is 9.95. The van der Waals surface area contributed by atoms with Crippen molar-refractivity contribution in [3.63, 3.8) is 0 Å². The van der Waals surface area contributed by atoms with Crippen molar-refractivity contribution in [1.29, 1.82) is 5.26 Å². The highest BCUT2D eigenvalue weighted by Gasteiger charge is 2.52. The van der Waals surface area contributed by atoms with E-state index in [9.17, 15) is 10.4 Å². The Labute approximate surface area is 198 Å². The number of nitrogens with zero attached hydrogens (tertiary/aromatic N) is 1. The standard InChI is InChI=1S/C29H33NO2Si/c1-29(2,3)33(24-10-6-4-7-11-24,25-12-8-5-9-13-25)32-27-17-16-22-14-15-23(18-20-30)28(22)26(27)19-21-31/h4-13,16-17,23,31H,14-15,18-19,21H2,1-3H3/t23-/m0/s1. The SMILES string of the molecule is CC(C)(C)[Si](Oc1ccc2c(c1CCO)[C@H](CC#N)CC2)(c1ccccc1)c1ccccc1. The first-order chi connectivity index (χ1) is 15.9. The van der Waals surface area contributed by atoms with Gasteiger partial charge in [0, 0.05) is 13.0 Å². The van der Waals surface area contributed by atoms with Crippen molar-refractivity contribution in [2.75, 3.05) is 6.61 Å². The Morgan fingerprint density at radius 2 is 1.58 bits per heavy atom. The normalized spacial score (nSPS) is 15.7. The van der Waals surface area contributed by atoms with Gasteiger partial charge in [0.25, 0.3) is 0 Å². The molecular weight excluding hydrogens is 422 g/mol. The van der Waals surface area contributed by atoms with E-state index in [1.807, 2.05) is 0 Å². The number of hydrogen-bond acceptors (Lipinski definition) is 3. The average Bonchev–Trinajstić information content (AvgIpc) is 3.22. The van der Waals surface area contributed by atoms with Gasteiger partial charge in [-0.25, -0.2) is 0 Å². The van der Waals surface area contributed by atoms with Gasteiger partial charge in [0.15, 0.2) is 0 Å². The van der Waals surface area contributed by atoms with E-state index in [-0.39, 0.29) is 17.6 Å². The van der Waals surface area contributed by atoms with Gasteiger partial charge in [-0.1, -0.05) is 87.5 Å². The third-order valence-corrected chi connectivity index (χ3v) is 11.9. The molecule has 1 atom stereocenters. The lowest BCUT2D eigenvalue weighted by molar-refractivity contribution is 0.297. The summed E-state index contributed by atoms with van der Waals surface area (Å²) in [6, 6.07) is 27.9. The van der Waals surface area contributed by atoms with Gasteiger partial charge < -0.3 is 9.53 Å². The number of aliphatic hydroxyl groups is 1. The van der Waals surface area contributed by atoms with E-state index in [4.69, 9.17) is 4.43 Å². The molecular formula is C29H33NO2Si. The Morgan fingerprint density at radius 3 is 2.09 bits per heavy atom. The molecule has 0 spiro atoms. The van der Waals surface area contributed by atoms with Crippen LogP contribution in [0.1, 0.15) is 56.2 Å². The molecule has 0 amide bonds. The van der Waals surface area contributed by atoms with Crippen LogP contribution in [0.5, 0.6) is 5.75 Å². The van der Waals surface area contributed by atoms with Crippen molar-refractivity contribution in [3.05, 3.63) is 89.5 Å². The molecule has 3 aromatic rings. The lowest BCUT2D eigenvalue weighted by Gasteiger charge is -2.43. The van der Waals surface area contributed by atoms with Crippen LogP contribution in [0.25, 0.3) is 0 Å². The third-order valence-electron chi connectivity index (χ3n) is 6.95. The lowest BCUT2D eigenvalue weighted by Crippen LogP contribution is -2.69. The van der Waals surface area contributed by atoms with Crippen LogP contribution in [0.15, 0.2) is 72.8 Å². The first kappa shape index (κ1) is 23.3. The zero-order chi connectivity index (χ0) is 23.5. The van der Waals surface area contributed by atoms with Gasteiger partial charge in [-0.15, -0.1) is 0 Å². The van der Waals surface area contributed by atoms with Crippen molar-refractivity contribution in [3.8, 4) is 11.8 Å². The third kappa shape index (κ3) is 4.24. The topological polar surface area (TPSA) is 53.2 Å². The van der Waals surface area contributed by atoms with E-state index in [0.29, 0.717) is 12.8 Å². The van der Waals surface area contributed by atoms with Gasteiger partial charge in [0.2, 0.25) is 0 Å². The Hall–Kier alpha value is -2.87. The molecule has 0 saturated carbocycles. The van der Waals surface area contributed by atoms with E-state index in [1.165, 1.54) is 21.5 Å². The van der Waals surface area contributed by atoms with E-state index in [0.717, 1.165) is 24.2 Å². The van der Waals surface area contributed by atoms with E-state index >= 15 is 0 Å². The molecule has 1 N–H and O–H groups in total. The average molecular weight is 456 g/mol. The van der Waals surface area contributed by atoms with Gasteiger partial charge in [-0.05, 0) is 63.3 Å². The van der Waals surface area contributed by atoms with Crippen LogP contribution in [0, 0.1) is 11.3 Å². The molecule has 0 aromatic heterocycles. The lowest BCUT2D eigenvalue weighted by atomic mass is 9.91. The summed E-state index contributed by atoms with van der Waals surface area (Å²) in [7, 11) is -2.77. The van der Waals surface area contributed by atoms with Gasteiger partial charge in [0.05, 0.1) is 6.07 Å². The van der Waals surface area contributed by atoms with Gasteiger partial charge in [-0.2, -0.15) is 5.26 Å². The summed E-state index contributed by atoms with van der Waals surface area (Å²) in [6.07, 6.45) is 3.02. The summed E-state index contributed by atoms with van der Waals surface area (Å²) < 4.78 is 7.32. The highest BCUT2D eigenvalue weighted by Crippen LogP contribution is 2.44. The van der Waals surface area contributed by atoms with Crippen molar-refractivity contribution < 1.29 is 9.53 Å². The van der Waals surface area contributed by atoms with Crippen LogP contribution >= 0.6 is 0 Å². The summed E-state index contributed by atoms with van der Waals surface area (Å²) in [5, 5.41) is 21.7. The first-order valence-electron chi connectivity index (χ1n) is 11.8. The maximum atomic E-state index is 9.97. The zero-order valence-corrected chi connectivity index (χ0v) is 20.8. The number of fused-ring (bicyclic) bond motifs is 1. The van der Waals surface area contributed by atoms with Crippen molar-refractivity contribution in [1.82, 2.24) is 0 Å². The van der Waals surface area contributed by atoms with Crippen LogP contribution in [0.3, 0.4) is 0 Å². The fourth-order valence-electron chi connectivity index (χ4n) is 5.49. The van der Waals surface area contributed by atoms with Crippen LogP contribution < -0.4 is 14.8 Å². The van der Waals surface area contributed by atoms with Gasteiger partial charge >= 0.3 is 8.32 Å². The highest BCUT2D eigenvalue weighted by molar-refractivity contribution is 7.00. The summed E-state index contributed by atoms with van der Waals surface area (Å²) in [6.45, 7) is 6.89. The second kappa shape index (κ2) is 9.55. The summed E-state index contributed by atoms with van der Waals surface area (Å²) in [5.74, 6) is 1.08. The number of hydrogen-bond donors (Lipinski definition) is 1.